The molecule has 2 aromatic carbocycles. The van der Waals surface area contributed by atoms with E-state index in [-0.39, 0.29) is 11.8 Å². The van der Waals surface area contributed by atoms with Crippen LogP contribution in [0.25, 0.3) is 0 Å². The molecule has 2 amide bonds. The maximum atomic E-state index is 12.2. The summed E-state index contributed by atoms with van der Waals surface area (Å²) in [4.78, 5) is 25.8. The van der Waals surface area contributed by atoms with E-state index in [4.69, 9.17) is 0 Å². The Morgan fingerprint density at radius 2 is 1.89 bits per heavy atom. The smallest absolute Gasteiger partial charge is 0.271 e. The third-order valence-corrected chi connectivity index (χ3v) is 4.54. The molecule has 1 aliphatic rings. The van der Waals surface area contributed by atoms with Gasteiger partial charge >= 0.3 is 0 Å². The summed E-state index contributed by atoms with van der Waals surface area (Å²) in [5, 5.41) is 6.73. The quantitative estimate of drug-likeness (QED) is 0.631. The Kier molecular flexibility index (Phi) is 5.86. The Labute approximate surface area is 159 Å². The van der Waals surface area contributed by atoms with E-state index >= 15 is 0 Å². The zero-order valence-corrected chi connectivity index (χ0v) is 15.7. The van der Waals surface area contributed by atoms with Gasteiger partial charge in [0.1, 0.15) is 0 Å². The third kappa shape index (κ3) is 4.94. The number of nitrogens with one attached hydrogen (secondary N) is 2. The average Bonchev–Trinajstić information content (AvgIpc) is 3.17. The van der Waals surface area contributed by atoms with Gasteiger partial charge in [-0.25, -0.2) is 5.43 Å². The lowest BCUT2D eigenvalue weighted by atomic mass is 10.1. The van der Waals surface area contributed by atoms with Crippen LogP contribution in [0.5, 0.6) is 0 Å². The molecule has 140 valence electrons. The normalized spacial score (nSPS) is 13.8. The summed E-state index contributed by atoms with van der Waals surface area (Å²) in [6.07, 6.45) is 4.15. The highest BCUT2D eigenvalue weighted by molar-refractivity contribution is 5.97. The molecule has 1 saturated heterocycles. The van der Waals surface area contributed by atoms with Gasteiger partial charge in [0.05, 0.1) is 6.21 Å². The van der Waals surface area contributed by atoms with Gasteiger partial charge in [0.2, 0.25) is 5.91 Å². The van der Waals surface area contributed by atoms with E-state index in [0.717, 1.165) is 24.2 Å². The summed E-state index contributed by atoms with van der Waals surface area (Å²) in [5.74, 6) is -0.511. The number of nitrogens with zero attached hydrogens (tertiary/aromatic N) is 2. The van der Waals surface area contributed by atoms with Gasteiger partial charge < -0.3 is 10.2 Å². The fourth-order valence-corrected chi connectivity index (χ4v) is 3.14. The van der Waals surface area contributed by atoms with Crippen LogP contribution < -0.4 is 15.6 Å². The van der Waals surface area contributed by atoms with Crippen molar-refractivity contribution < 1.29 is 9.59 Å². The molecule has 0 atom stereocenters. The maximum Gasteiger partial charge on any atom is 0.271 e. The van der Waals surface area contributed by atoms with E-state index < -0.39 is 0 Å². The number of carbonyl (C=O) groups excluding carboxylic acids is 2. The second kappa shape index (κ2) is 8.49. The van der Waals surface area contributed by atoms with E-state index in [0.29, 0.717) is 11.3 Å². The molecular formula is C21H24N4O2. The summed E-state index contributed by atoms with van der Waals surface area (Å²) in [6, 6.07) is 13.0. The zero-order valence-electron chi connectivity index (χ0n) is 15.7. The molecule has 1 aliphatic heterocycles. The molecule has 1 heterocycles. The number of hydrogen-bond acceptors (Lipinski definition) is 4. The first-order valence-electron chi connectivity index (χ1n) is 9.09. The largest absolute Gasteiger partial charge is 0.372 e. The van der Waals surface area contributed by atoms with Gasteiger partial charge in [-0.1, -0.05) is 12.1 Å². The van der Waals surface area contributed by atoms with Gasteiger partial charge in [-0.3, -0.25) is 9.59 Å². The van der Waals surface area contributed by atoms with Crippen LogP contribution in [0.15, 0.2) is 47.6 Å². The van der Waals surface area contributed by atoms with Gasteiger partial charge in [-0.15, -0.1) is 0 Å². The van der Waals surface area contributed by atoms with Crippen molar-refractivity contribution in [1.82, 2.24) is 5.43 Å². The van der Waals surface area contributed by atoms with Crippen molar-refractivity contribution in [1.29, 1.82) is 0 Å². The minimum Gasteiger partial charge on any atom is -0.372 e. The number of amides is 2. The number of benzene rings is 2. The minimum absolute atomic E-state index is 0.182. The van der Waals surface area contributed by atoms with Crippen molar-refractivity contribution in [2.75, 3.05) is 23.3 Å². The summed E-state index contributed by atoms with van der Waals surface area (Å²) in [7, 11) is 0. The van der Waals surface area contributed by atoms with Gasteiger partial charge in [0.15, 0.2) is 0 Å². The highest BCUT2D eigenvalue weighted by Crippen LogP contribution is 2.22. The second-order valence-electron chi connectivity index (χ2n) is 6.70. The number of rotatable bonds is 5. The SMILES string of the molecule is CC(=O)Nc1cccc(C(=O)N/N=C/c2ccc(N3CCCC3)cc2C)c1. The van der Waals surface area contributed by atoms with Crippen LogP contribution in [0, 0.1) is 6.92 Å². The van der Waals surface area contributed by atoms with Crippen LogP contribution in [-0.4, -0.2) is 31.1 Å². The first-order valence-corrected chi connectivity index (χ1v) is 9.09. The molecule has 0 radical (unpaired) electrons. The molecule has 2 N–H and O–H groups in total. The molecule has 0 aliphatic carbocycles. The fraction of sp³-hybridized carbons (Fsp3) is 0.286. The zero-order chi connectivity index (χ0) is 19.2. The number of carbonyl (C=O) groups is 2. The van der Waals surface area contributed by atoms with Crippen molar-refractivity contribution in [3.63, 3.8) is 0 Å². The lowest BCUT2D eigenvalue weighted by Gasteiger charge is -2.18. The highest BCUT2D eigenvalue weighted by atomic mass is 16.2. The highest BCUT2D eigenvalue weighted by Gasteiger charge is 2.12. The van der Waals surface area contributed by atoms with Crippen LogP contribution in [0.4, 0.5) is 11.4 Å². The molecule has 0 spiro atoms. The van der Waals surface area contributed by atoms with E-state index in [1.54, 1.807) is 30.5 Å². The number of hydrogen-bond donors (Lipinski definition) is 2. The fourth-order valence-electron chi connectivity index (χ4n) is 3.14. The molecule has 6 nitrogen and oxygen atoms in total. The van der Waals surface area contributed by atoms with Gasteiger partial charge in [0, 0.05) is 37.0 Å². The van der Waals surface area contributed by atoms with Crippen molar-refractivity contribution in [2.45, 2.75) is 26.7 Å². The van der Waals surface area contributed by atoms with Crippen molar-refractivity contribution in [2.24, 2.45) is 5.10 Å². The number of aryl methyl sites for hydroxylation is 1. The van der Waals surface area contributed by atoms with Gasteiger partial charge in [0.25, 0.3) is 5.91 Å². The van der Waals surface area contributed by atoms with E-state index in [2.05, 4.69) is 32.9 Å². The van der Waals surface area contributed by atoms with Crippen molar-refractivity contribution >= 4 is 29.4 Å². The molecule has 1 fully saturated rings. The van der Waals surface area contributed by atoms with E-state index in [1.807, 2.05) is 13.0 Å². The molecular weight excluding hydrogens is 340 g/mol. The van der Waals surface area contributed by atoms with Crippen LogP contribution in [-0.2, 0) is 4.79 Å². The third-order valence-electron chi connectivity index (χ3n) is 4.54. The standard InChI is InChI=1S/C21H24N4O2/c1-15-12-20(25-10-3-4-11-25)9-8-18(15)14-22-24-21(27)17-6-5-7-19(13-17)23-16(2)26/h5-9,12-14H,3-4,10-11H2,1-2H3,(H,23,26)(H,24,27)/b22-14+. The molecule has 2 aromatic rings. The summed E-state index contributed by atoms with van der Waals surface area (Å²) in [5.41, 5.74) is 6.85. The molecule has 27 heavy (non-hydrogen) atoms. The molecule has 0 bridgehead atoms. The predicted molar refractivity (Wildman–Crippen MR) is 108 cm³/mol. The molecule has 6 heteroatoms. The molecule has 0 unspecified atom stereocenters. The maximum absolute atomic E-state index is 12.2. The van der Waals surface area contributed by atoms with Crippen molar-refractivity contribution in [3.05, 3.63) is 59.2 Å². The summed E-state index contributed by atoms with van der Waals surface area (Å²) >= 11 is 0. The average molecular weight is 364 g/mol. The summed E-state index contributed by atoms with van der Waals surface area (Å²) < 4.78 is 0. The Bertz CT molecular complexity index is 870. The van der Waals surface area contributed by atoms with Crippen LogP contribution in [0.3, 0.4) is 0 Å². The lowest BCUT2D eigenvalue weighted by molar-refractivity contribution is -0.114. The first-order chi connectivity index (χ1) is 13.0. The van der Waals surface area contributed by atoms with Crippen molar-refractivity contribution in [3.8, 4) is 0 Å². The van der Waals surface area contributed by atoms with Crippen LogP contribution in [0.2, 0.25) is 0 Å². The number of hydrazone groups is 1. The minimum atomic E-state index is -0.329. The molecule has 3 rings (SSSR count). The van der Waals surface area contributed by atoms with Gasteiger partial charge in [-0.05, 0) is 61.2 Å². The van der Waals surface area contributed by atoms with E-state index in [1.165, 1.54) is 25.5 Å². The van der Waals surface area contributed by atoms with E-state index in [9.17, 15) is 9.59 Å². The summed E-state index contributed by atoms with van der Waals surface area (Å²) in [6.45, 7) is 5.69. The number of anilines is 2. The van der Waals surface area contributed by atoms with Crippen LogP contribution in [0.1, 0.15) is 41.3 Å². The topological polar surface area (TPSA) is 73.8 Å². The second-order valence-corrected chi connectivity index (χ2v) is 6.70. The predicted octanol–water partition coefficient (Wildman–Crippen LogP) is 3.32. The molecule has 0 saturated carbocycles. The Balaban J connectivity index is 1.63. The van der Waals surface area contributed by atoms with Gasteiger partial charge in [-0.2, -0.15) is 5.10 Å². The Hall–Kier alpha value is -3.15. The Morgan fingerprint density at radius 3 is 2.59 bits per heavy atom. The van der Waals surface area contributed by atoms with Crippen LogP contribution >= 0.6 is 0 Å². The lowest BCUT2D eigenvalue weighted by Crippen LogP contribution is -2.18. The molecule has 0 aromatic heterocycles. The first kappa shape index (κ1) is 18.6. The Morgan fingerprint density at radius 1 is 1.11 bits per heavy atom. The monoisotopic (exact) mass is 364 g/mol.